The third-order valence-electron chi connectivity index (χ3n) is 6.79. The SMILES string of the molecule is CCCCc1ccc(N(Cc2ccc(N(C)C)cc2)C(=O)C2CCCc3ccccc32)cc1. The standard InChI is InChI=1S/C30H36N2O/c1-4-5-9-23-14-20-27(21-15-23)32(22-24-16-18-26(19-17-24)31(2)3)30(33)29-13-8-11-25-10-6-7-12-28(25)29/h6-7,10,12,14-21,29H,4-5,8-9,11,13,22H2,1-3H3. The van der Waals surface area contributed by atoms with Crippen LogP contribution in [-0.2, 0) is 24.2 Å². The number of anilines is 2. The Kier molecular flexibility index (Phi) is 7.49. The number of nitrogens with zero attached hydrogens (tertiary/aromatic N) is 2. The Bertz CT molecular complexity index is 1050. The molecule has 0 radical (unpaired) electrons. The largest absolute Gasteiger partial charge is 0.378 e. The minimum absolute atomic E-state index is 0.0734. The second-order valence-electron chi connectivity index (χ2n) is 9.40. The topological polar surface area (TPSA) is 23.6 Å². The van der Waals surface area contributed by atoms with Crippen molar-refractivity contribution in [1.82, 2.24) is 0 Å². The van der Waals surface area contributed by atoms with Crippen LogP contribution in [0.1, 0.15) is 60.8 Å². The molecule has 1 aliphatic carbocycles. The van der Waals surface area contributed by atoms with Crippen LogP contribution in [0.3, 0.4) is 0 Å². The molecule has 0 saturated carbocycles. The molecule has 0 spiro atoms. The van der Waals surface area contributed by atoms with Gasteiger partial charge in [-0.05, 0) is 78.6 Å². The van der Waals surface area contributed by atoms with Gasteiger partial charge in [0.1, 0.15) is 0 Å². The van der Waals surface area contributed by atoms with E-state index in [1.807, 2.05) is 19.0 Å². The summed E-state index contributed by atoms with van der Waals surface area (Å²) in [5, 5.41) is 0. The van der Waals surface area contributed by atoms with E-state index in [0.29, 0.717) is 6.54 Å². The van der Waals surface area contributed by atoms with Gasteiger partial charge in [-0.15, -0.1) is 0 Å². The van der Waals surface area contributed by atoms with Crippen molar-refractivity contribution in [2.24, 2.45) is 0 Å². The number of unbranched alkanes of at least 4 members (excludes halogenated alkanes) is 1. The lowest BCUT2D eigenvalue weighted by atomic mass is 9.82. The maximum Gasteiger partial charge on any atom is 0.234 e. The smallest absolute Gasteiger partial charge is 0.234 e. The molecule has 3 nitrogen and oxygen atoms in total. The Morgan fingerprint density at radius 1 is 0.879 bits per heavy atom. The summed E-state index contributed by atoms with van der Waals surface area (Å²) in [6.45, 7) is 2.80. The van der Waals surface area contributed by atoms with Crippen LogP contribution < -0.4 is 9.80 Å². The van der Waals surface area contributed by atoms with Crippen LogP contribution in [0.4, 0.5) is 11.4 Å². The van der Waals surface area contributed by atoms with Crippen molar-refractivity contribution in [2.45, 2.75) is 57.9 Å². The van der Waals surface area contributed by atoms with E-state index >= 15 is 0 Å². The van der Waals surface area contributed by atoms with Crippen LogP contribution in [0.25, 0.3) is 0 Å². The quantitative estimate of drug-likeness (QED) is 0.387. The molecular formula is C30H36N2O. The maximum atomic E-state index is 14.0. The number of carbonyl (C=O) groups excluding carboxylic acids is 1. The Morgan fingerprint density at radius 2 is 1.55 bits per heavy atom. The van der Waals surface area contributed by atoms with Crippen LogP contribution in [0, 0.1) is 0 Å². The van der Waals surface area contributed by atoms with Gasteiger partial charge in [0, 0.05) is 25.5 Å². The molecule has 0 bridgehead atoms. The molecule has 0 saturated heterocycles. The summed E-state index contributed by atoms with van der Waals surface area (Å²) in [6, 6.07) is 25.7. The Hall–Kier alpha value is -3.07. The fourth-order valence-corrected chi connectivity index (χ4v) is 4.80. The van der Waals surface area contributed by atoms with Crippen LogP contribution in [0.5, 0.6) is 0 Å². The van der Waals surface area contributed by atoms with E-state index in [1.165, 1.54) is 29.5 Å². The monoisotopic (exact) mass is 440 g/mol. The summed E-state index contributed by atoms with van der Waals surface area (Å²) in [5.41, 5.74) is 7.17. The van der Waals surface area contributed by atoms with Gasteiger partial charge in [0.15, 0.2) is 0 Å². The molecule has 3 heteroatoms. The summed E-state index contributed by atoms with van der Waals surface area (Å²) >= 11 is 0. The zero-order valence-electron chi connectivity index (χ0n) is 20.3. The zero-order valence-corrected chi connectivity index (χ0v) is 20.3. The lowest BCUT2D eigenvalue weighted by Crippen LogP contribution is -2.36. The first kappa shape index (κ1) is 23.1. The maximum absolute atomic E-state index is 14.0. The number of hydrogen-bond donors (Lipinski definition) is 0. The molecule has 4 rings (SSSR count). The fourth-order valence-electron chi connectivity index (χ4n) is 4.80. The van der Waals surface area contributed by atoms with E-state index in [0.717, 1.165) is 42.6 Å². The second kappa shape index (κ2) is 10.7. The minimum Gasteiger partial charge on any atom is -0.378 e. The number of benzene rings is 3. The predicted octanol–water partition coefficient (Wildman–Crippen LogP) is 6.75. The van der Waals surface area contributed by atoms with Crippen molar-refractivity contribution in [3.63, 3.8) is 0 Å². The average molecular weight is 441 g/mol. The summed E-state index contributed by atoms with van der Waals surface area (Å²) in [5.74, 6) is 0.135. The van der Waals surface area contributed by atoms with Crippen LogP contribution in [0.2, 0.25) is 0 Å². The Morgan fingerprint density at radius 3 is 2.24 bits per heavy atom. The molecule has 172 valence electrons. The van der Waals surface area contributed by atoms with E-state index in [2.05, 4.69) is 84.6 Å². The molecule has 3 aromatic carbocycles. The van der Waals surface area contributed by atoms with E-state index in [-0.39, 0.29) is 11.8 Å². The fraction of sp³-hybridized carbons (Fsp3) is 0.367. The average Bonchev–Trinajstić information content (AvgIpc) is 2.86. The highest BCUT2D eigenvalue weighted by Gasteiger charge is 2.30. The van der Waals surface area contributed by atoms with Crippen molar-refractivity contribution >= 4 is 17.3 Å². The van der Waals surface area contributed by atoms with E-state index in [1.54, 1.807) is 0 Å². The number of rotatable bonds is 8. The van der Waals surface area contributed by atoms with Crippen molar-refractivity contribution < 1.29 is 4.79 Å². The lowest BCUT2D eigenvalue weighted by molar-refractivity contribution is -0.120. The summed E-state index contributed by atoms with van der Waals surface area (Å²) in [6.07, 6.45) is 6.52. The molecule has 3 aromatic rings. The van der Waals surface area contributed by atoms with Crippen molar-refractivity contribution in [2.75, 3.05) is 23.9 Å². The second-order valence-corrected chi connectivity index (χ2v) is 9.40. The molecular weight excluding hydrogens is 404 g/mol. The number of amides is 1. The molecule has 0 fully saturated rings. The van der Waals surface area contributed by atoms with Gasteiger partial charge < -0.3 is 9.80 Å². The van der Waals surface area contributed by atoms with Gasteiger partial charge in [-0.2, -0.15) is 0 Å². The van der Waals surface area contributed by atoms with Crippen molar-refractivity contribution in [3.05, 3.63) is 95.1 Å². The van der Waals surface area contributed by atoms with Crippen LogP contribution in [-0.4, -0.2) is 20.0 Å². The summed E-state index contributed by atoms with van der Waals surface area (Å²) in [7, 11) is 4.09. The van der Waals surface area contributed by atoms with Crippen molar-refractivity contribution in [1.29, 1.82) is 0 Å². The minimum atomic E-state index is -0.0734. The van der Waals surface area contributed by atoms with Gasteiger partial charge in [0.2, 0.25) is 5.91 Å². The Balaban J connectivity index is 1.64. The van der Waals surface area contributed by atoms with E-state index in [4.69, 9.17) is 0 Å². The number of hydrogen-bond acceptors (Lipinski definition) is 2. The number of carbonyl (C=O) groups is 1. The highest BCUT2D eigenvalue weighted by atomic mass is 16.2. The molecule has 0 aromatic heterocycles. The first-order valence-corrected chi connectivity index (χ1v) is 12.3. The molecule has 1 unspecified atom stereocenters. The van der Waals surface area contributed by atoms with Crippen LogP contribution in [0.15, 0.2) is 72.8 Å². The third kappa shape index (κ3) is 5.47. The first-order chi connectivity index (χ1) is 16.1. The first-order valence-electron chi connectivity index (χ1n) is 12.3. The lowest BCUT2D eigenvalue weighted by Gasteiger charge is -2.31. The molecule has 33 heavy (non-hydrogen) atoms. The molecule has 0 N–H and O–H groups in total. The van der Waals surface area contributed by atoms with Gasteiger partial charge >= 0.3 is 0 Å². The van der Waals surface area contributed by atoms with Gasteiger partial charge in [0.05, 0.1) is 12.5 Å². The third-order valence-corrected chi connectivity index (χ3v) is 6.79. The number of fused-ring (bicyclic) bond motifs is 1. The van der Waals surface area contributed by atoms with Gasteiger partial charge in [-0.1, -0.05) is 61.9 Å². The van der Waals surface area contributed by atoms with Crippen LogP contribution >= 0.6 is 0 Å². The summed E-state index contributed by atoms with van der Waals surface area (Å²) in [4.78, 5) is 18.1. The van der Waals surface area contributed by atoms with Gasteiger partial charge in [-0.3, -0.25) is 4.79 Å². The highest BCUT2D eigenvalue weighted by molar-refractivity contribution is 5.98. The normalized spacial score (nSPS) is 15.1. The molecule has 1 atom stereocenters. The highest BCUT2D eigenvalue weighted by Crippen LogP contribution is 2.35. The molecule has 1 aliphatic rings. The van der Waals surface area contributed by atoms with E-state index < -0.39 is 0 Å². The van der Waals surface area contributed by atoms with Gasteiger partial charge in [-0.25, -0.2) is 0 Å². The molecule has 1 amide bonds. The molecule has 0 aliphatic heterocycles. The Labute approximate surface area is 199 Å². The molecule has 0 heterocycles. The van der Waals surface area contributed by atoms with Crippen molar-refractivity contribution in [3.8, 4) is 0 Å². The predicted molar refractivity (Wildman–Crippen MR) is 139 cm³/mol. The van der Waals surface area contributed by atoms with Gasteiger partial charge in [0.25, 0.3) is 0 Å². The summed E-state index contributed by atoms with van der Waals surface area (Å²) < 4.78 is 0. The number of aryl methyl sites for hydroxylation is 2. The zero-order chi connectivity index (χ0) is 23.2. The van der Waals surface area contributed by atoms with E-state index in [9.17, 15) is 4.79 Å².